The van der Waals surface area contributed by atoms with Crippen molar-refractivity contribution in [3.05, 3.63) is 59.0 Å². The third-order valence-electron chi connectivity index (χ3n) is 4.96. The van der Waals surface area contributed by atoms with Crippen molar-refractivity contribution < 1.29 is 19.5 Å². The maximum atomic E-state index is 12.7. The van der Waals surface area contributed by atoms with Crippen LogP contribution in [0.1, 0.15) is 18.4 Å². The normalized spacial score (nSPS) is 18.0. The van der Waals surface area contributed by atoms with Crippen LogP contribution in [-0.4, -0.2) is 51.6 Å². The first-order chi connectivity index (χ1) is 15.0. The van der Waals surface area contributed by atoms with Crippen molar-refractivity contribution in [2.45, 2.75) is 12.8 Å². The zero-order valence-electron chi connectivity index (χ0n) is 16.6. The molecule has 0 radical (unpaired) electrons. The minimum absolute atomic E-state index is 0.0568. The predicted octanol–water partition coefficient (Wildman–Crippen LogP) is 4.47. The van der Waals surface area contributed by atoms with Crippen molar-refractivity contribution in [3.8, 4) is 5.75 Å². The van der Waals surface area contributed by atoms with Crippen LogP contribution in [0.2, 0.25) is 0 Å². The zero-order valence-corrected chi connectivity index (χ0v) is 17.4. The lowest BCUT2D eigenvalue weighted by molar-refractivity contribution is -0.135. The first-order valence-electron chi connectivity index (χ1n) is 9.84. The molecule has 9 heteroatoms. The van der Waals surface area contributed by atoms with E-state index in [9.17, 15) is 19.5 Å². The first-order valence-corrected chi connectivity index (χ1v) is 10.7. The summed E-state index contributed by atoms with van der Waals surface area (Å²) < 4.78 is 0. The quantitative estimate of drug-likeness (QED) is 0.550. The summed E-state index contributed by atoms with van der Waals surface area (Å²) in [5.41, 5.74) is 1.50. The molecule has 0 aromatic heterocycles. The molecule has 158 valence electrons. The van der Waals surface area contributed by atoms with E-state index in [0.717, 1.165) is 29.5 Å². The number of benzene rings is 2. The number of likely N-dealkylation sites (tertiary alicyclic amines) is 1. The van der Waals surface area contributed by atoms with Crippen LogP contribution < -0.4 is 0 Å². The van der Waals surface area contributed by atoms with Crippen LogP contribution in [0.3, 0.4) is 0 Å². The zero-order chi connectivity index (χ0) is 21.8. The van der Waals surface area contributed by atoms with Gasteiger partial charge in [-0.25, -0.2) is 0 Å². The number of hydrogen-bond donors (Lipinski definition) is 1. The number of nitrogens with zero attached hydrogens (tertiary/aromatic N) is 4. The van der Waals surface area contributed by atoms with Gasteiger partial charge in [0.15, 0.2) is 0 Å². The van der Waals surface area contributed by atoms with Crippen LogP contribution >= 0.6 is 11.8 Å². The molecule has 0 atom stereocenters. The van der Waals surface area contributed by atoms with E-state index in [-0.39, 0.29) is 23.1 Å². The molecule has 2 saturated heterocycles. The Morgan fingerprint density at radius 3 is 2.48 bits per heavy atom. The fraction of sp³-hybridized carbons (Fsp3) is 0.227. The van der Waals surface area contributed by atoms with Crippen molar-refractivity contribution >= 4 is 46.3 Å². The van der Waals surface area contributed by atoms with E-state index in [1.54, 1.807) is 17.0 Å². The van der Waals surface area contributed by atoms with E-state index in [4.69, 9.17) is 0 Å². The van der Waals surface area contributed by atoms with Gasteiger partial charge in [0.1, 0.15) is 12.3 Å². The fourth-order valence-corrected chi connectivity index (χ4v) is 4.14. The molecule has 2 aromatic rings. The molecule has 2 heterocycles. The molecule has 31 heavy (non-hydrogen) atoms. The van der Waals surface area contributed by atoms with Crippen LogP contribution in [0.5, 0.6) is 5.75 Å². The molecular formula is C22H20N4O4S. The third-order valence-corrected chi connectivity index (χ3v) is 5.87. The first kappa shape index (κ1) is 20.8. The smallest absolute Gasteiger partial charge is 0.294 e. The topological polar surface area (TPSA) is 103 Å². The summed E-state index contributed by atoms with van der Waals surface area (Å²) in [4.78, 5) is 40.1. The Balaban J connectivity index is 1.51. The van der Waals surface area contributed by atoms with E-state index in [0.29, 0.717) is 30.0 Å². The third kappa shape index (κ3) is 4.83. The number of phenols is 1. The number of aromatic hydroxyl groups is 1. The van der Waals surface area contributed by atoms with Crippen LogP contribution in [0.25, 0.3) is 6.08 Å². The molecule has 2 aromatic carbocycles. The van der Waals surface area contributed by atoms with Crippen molar-refractivity contribution in [1.29, 1.82) is 0 Å². The van der Waals surface area contributed by atoms with Gasteiger partial charge in [-0.1, -0.05) is 18.2 Å². The number of imide groups is 1. The molecule has 2 fully saturated rings. The van der Waals surface area contributed by atoms with Crippen LogP contribution in [0.15, 0.2) is 63.7 Å². The molecule has 2 aliphatic heterocycles. The van der Waals surface area contributed by atoms with Gasteiger partial charge in [-0.15, -0.1) is 0 Å². The highest BCUT2D eigenvalue weighted by Gasteiger charge is 2.37. The van der Waals surface area contributed by atoms with Crippen molar-refractivity contribution in [2.24, 2.45) is 10.2 Å². The molecule has 0 spiro atoms. The molecule has 0 bridgehead atoms. The second-order valence-electron chi connectivity index (χ2n) is 7.13. The molecular weight excluding hydrogens is 416 g/mol. The summed E-state index contributed by atoms with van der Waals surface area (Å²) in [5.74, 6) is -0.830. The maximum Gasteiger partial charge on any atom is 0.294 e. The standard InChI is InChI=1S/C22H20N4O4S/c27-18-9-8-17(24-23-16-6-2-1-3-7-16)12-15(18)13-19-21(29)26(22(30)31-19)14-20(28)25-10-4-5-11-25/h1-3,6-9,12-13,27H,4-5,10-11,14H2/b19-13-,24-23?. The molecule has 2 aliphatic rings. The predicted molar refractivity (Wildman–Crippen MR) is 117 cm³/mol. The monoisotopic (exact) mass is 436 g/mol. The Bertz CT molecular complexity index is 1080. The molecule has 3 amide bonds. The summed E-state index contributed by atoms with van der Waals surface area (Å²) in [6, 6.07) is 13.8. The van der Waals surface area contributed by atoms with Gasteiger partial charge in [0, 0.05) is 18.7 Å². The van der Waals surface area contributed by atoms with E-state index in [2.05, 4.69) is 10.2 Å². The number of rotatable bonds is 5. The number of azo groups is 1. The van der Waals surface area contributed by atoms with E-state index in [1.807, 2.05) is 30.3 Å². The summed E-state index contributed by atoms with van der Waals surface area (Å²) >= 11 is 0.749. The lowest BCUT2D eigenvalue weighted by Gasteiger charge is -2.18. The Labute approximate surface area is 183 Å². The van der Waals surface area contributed by atoms with Gasteiger partial charge in [0.2, 0.25) is 5.91 Å². The van der Waals surface area contributed by atoms with Gasteiger partial charge < -0.3 is 10.0 Å². The van der Waals surface area contributed by atoms with Crippen LogP contribution in [0.4, 0.5) is 16.2 Å². The Kier molecular flexibility index (Phi) is 6.13. The number of carbonyl (C=O) groups excluding carboxylic acids is 3. The number of hydrogen-bond acceptors (Lipinski definition) is 7. The second kappa shape index (κ2) is 9.13. The SMILES string of the molecule is O=C(CN1C(=O)S/C(=C\c2cc(N=Nc3ccccc3)ccc2O)C1=O)N1CCCC1. The average molecular weight is 436 g/mol. The number of phenolic OH excluding ortho intramolecular Hbond substituents is 1. The Morgan fingerprint density at radius 1 is 1.03 bits per heavy atom. The van der Waals surface area contributed by atoms with Gasteiger partial charge in [0.05, 0.1) is 16.3 Å². The Hall–Kier alpha value is -3.46. The van der Waals surface area contributed by atoms with Crippen molar-refractivity contribution in [2.75, 3.05) is 19.6 Å². The summed E-state index contributed by atoms with van der Waals surface area (Å²) in [6.07, 6.45) is 3.30. The van der Waals surface area contributed by atoms with Gasteiger partial charge >= 0.3 is 0 Å². The second-order valence-corrected chi connectivity index (χ2v) is 8.13. The van der Waals surface area contributed by atoms with Gasteiger partial charge in [-0.2, -0.15) is 10.2 Å². The maximum absolute atomic E-state index is 12.7. The van der Waals surface area contributed by atoms with Gasteiger partial charge in [-0.3, -0.25) is 19.3 Å². The summed E-state index contributed by atoms with van der Waals surface area (Å²) in [5, 5.41) is 18.0. The molecule has 0 unspecified atom stereocenters. The largest absolute Gasteiger partial charge is 0.507 e. The highest BCUT2D eigenvalue weighted by Crippen LogP contribution is 2.35. The lowest BCUT2D eigenvalue weighted by Crippen LogP contribution is -2.40. The van der Waals surface area contributed by atoms with Gasteiger partial charge in [0.25, 0.3) is 11.1 Å². The molecule has 0 saturated carbocycles. The number of thioether (sulfide) groups is 1. The highest BCUT2D eigenvalue weighted by atomic mass is 32.2. The summed E-state index contributed by atoms with van der Waals surface area (Å²) in [6.45, 7) is 1.05. The highest BCUT2D eigenvalue weighted by molar-refractivity contribution is 8.18. The molecule has 8 nitrogen and oxygen atoms in total. The van der Waals surface area contributed by atoms with E-state index >= 15 is 0 Å². The van der Waals surface area contributed by atoms with Crippen LogP contribution in [-0.2, 0) is 9.59 Å². The number of carbonyl (C=O) groups is 3. The minimum Gasteiger partial charge on any atom is -0.507 e. The van der Waals surface area contributed by atoms with E-state index in [1.165, 1.54) is 12.1 Å². The van der Waals surface area contributed by atoms with E-state index < -0.39 is 11.1 Å². The Morgan fingerprint density at radius 2 is 1.74 bits per heavy atom. The lowest BCUT2D eigenvalue weighted by atomic mass is 10.1. The van der Waals surface area contributed by atoms with Crippen molar-refractivity contribution in [3.63, 3.8) is 0 Å². The molecule has 4 rings (SSSR count). The van der Waals surface area contributed by atoms with Crippen molar-refractivity contribution in [1.82, 2.24) is 9.80 Å². The molecule has 0 aliphatic carbocycles. The average Bonchev–Trinajstić information content (AvgIpc) is 3.40. The minimum atomic E-state index is -0.543. The number of amides is 3. The summed E-state index contributed by atoms with van der Waals surface area (Å²) in [7, 11) is 0. The van der Waals surface area contributed by atoms with Gasteiger partial charge in [-0.05, 0) is 61.0 Å². The molecule has 1 N–H and O–H groups in total. The fourth-order valence-electron chi connectivity index (χ4n) is 3.31. The van der Waals surface area contributed by atoms with Crippen LogP contribution in [0, 0.1) is 0 Å².